The third-order valence-corrected chi connectivity index (χ3v) is 1.75. The Morgan fingerprint density at radius 3 is 2.67 bits per heavy atom. The minimum Gasteiger partial charge on any atom is -0.0891 e. The van der Waals surface area contributed by atoms with Crippen LogP contribution in [0.4, 0.5) is 0 Å². The fourth-order valence-electron chi connectivity index (χ4n) is 0.895. The Kier molecular flexibility index (Phi) is 2.20. The van der Waals surface area contributed by atoms with Crippen LogP contribution in [0.5, 0.6) is 0 Å². The first-order valence-corrected chi connectivity index (χ1v) is 3.67. The fourth-order valence-corrected chi connectivity index (χ4v) is 1.66. The largest absolute Gasteiger partial charge is 0.0891 e. The van der Waals surface area contributed by atoms with Crippen molar-refractivity contribution in [3.63, 3.8) is 0 Å². The van der Waals surface area contributed by atoms with Gasteiger partial charge in [-0.15, -0.1) is 0 Å². The molecule has 0 aromatic rings. The highest BCUT2D eigenvalue weighted by molar-refractivity contribution is 6.34. The second kappa shape index (κ2) is 2.76. The molecule has 0 saturated heterocycles. The lowest BCUT2D eigenvalue weighted by atomic mass is 10.0. The first kappa shape index (κ1) is 7.17. The zero-order valence-electron chi connectivity index (χ0n) is 5.20. The number of rotatable bonds is 0. The predicted octanol–water partition coefficient (Wildman–Crippen LogP) is 3.27. The van der Waals surface area contributed by atoms with Gasteiger partial charge < -0.3 is 0 Å². The van der Waals surface area contributed by atoms with Crippen molar-refractivity contribution in [2.75, 3.05) is 0 Å². The van der Waals surface area contributed by atoms with E-state index in [9.17, 15) is 0 Å². The highest BCUT2D eigenvalue weighted by Crippen LogP contribution is 2.26. The molecule has 1 aliphatic carbocycles. The Labute approximate surface area is 65.2 Å². The van der Waals surface area contributed by atoms with Gasteiger partial charge in [-0.3, -0.25) is 0 Å². The average Bonchev–Trinajstić information content (AvgIpc) is 1.59. The minimum atomic E-state index is 0.495. The van der Waals surface area contributed by atoms with E-state index in [1.165, 1.54) is 0 Å². The van der Waals surface area contributed by atoms with Gasteiger partial charge >= 0.3 is 0 Å². The summed E-state index contributed by atoms with van der Waals surface area (Å²) in [7, 11) is 0. The second-order valence-electron chi connectivity index (χ2n) is 2.32. The molecule has 0 saturated carbocycles. The summed E-state index contributed by atoms with van der Waals surface area (Å²) in [6.45, 7) is 2.10. The number of hydrogen-bond donors (Lipinski definition) is 0. The summed E-state index contributed by atoms with van der Waals surface area (Å²) in [5.74, 6) is 0.495. The Morgan fingerprint density at radius 1 is 1.56 bits per heavy atom. The van der Waals surface area contributed by atoms with Crippen molar-refractivity contribution in [1.82, 2.24) is 0 Å². The summed E-state index contributed by atoms with van der Waals surface area (Å²) < 4.78 is 0. The molecule has 0 nitrogen and oxygen atoms in total. The van der Waals surface area contributed by atoms with E-state index < -0.39 is 0 Å². The van der Waals surface area contributed by atoms with Gasteiger partial charge in [0.1, 0.15) is 0 Å². The van der Waals surface area contributed by atoms with E-state index in [2.05, 4.69) is 6.92 Å². The summed E-state index contributed by atoms with van der Waals surface area (Å²) in [6.07, 6.45) is 4.73. The molecule has 0 fully saturated rings. The molecule has 0 heterocycles. The van der Waals surface area contributed by atoms with Gasteiger partial charge in [-0.2, -0.15) is 0 Å². The Bertz CT molecular complexity index is 168. The van der Waals surface area contributed by atoms with Crippen LogP contribution in [0.15, 0.2) is 22.2 Å². The molecule has 9 heavy (non-hydrogen) atoms. The van der Waals surface area contributed by atoms with Crippen LogP contribution >= 0.6 is 23.2 Å². The lowest BCUT2D eigenvalue weighted by molar-refractivity contribution is 0.726. The smallest absolute Gasteiger partial charge is 0.0380 e. The van der Waals surface area contributed by atoms with Gasteiger partial charge in [0, 0.05) is 10.1 Å². The van der Waals surface area contributed by atoms with E-state index in [1.807, 2.05) is 6.08 Å². The van der Waals surface area contributed by atoms with Gasteiger partial charge in [-0.25, -0.2) is 0 Å². The Balaban J connectivity index is 2.74. The van der Waals surface area contributed by atoms with E-state index in [4.69, 9.17) is 23.2 Å². The van der Waals surface area contributed by atoms with Gasteiger partial charge in [0.05, 0.1) is 0 Å². The highest BCUT2D eigenvalue weighted by Gasteiger charge is 2.07. The SMILES string of the molecule is C[C@@H]1C=C(Cl)C=C(Cl)C1. The molecule has 0 aromatic carbocycles. The minimum absolute atomic E-state index is 0.495. The van der Waals surface area contributed by atoms with Crippen LogP contribution in [-0.4, -0.2) is 0 Å². The Morgan fingerprint density at radius 2 is 2.22 bits per heavy atom. The molecular weight excluding hydrogens is 155 g/mol. The number of hydrogen-bond acceptors (Lipinski definition) is 0. The topological polar surface area (TPSA) is 0 Å². The van der Waals surface area contributed by atoms with Crippen molar-refractivity contribution in [3.05, 3.63) is 22.2 Å². The predicted molar refractivity (Wildman–Crippen MR) is 41.7 cm³/mol. The zero-order valence-corrected chi connectivity index (χ0v) is 6.71. The summed E-state index contributed by atoms with van der Waals surface area (Å²) in [5, 5.41) is 1.62. The summed E-state index contributed by atoms with van der Waals surface area (Å²) in [4.78, 5) is 0. The van der Waals surface area contributed by atoms with E-state index in [1.54, 1.807) is 6.08 Å². The first-order chi connectivity index (χ1) is 4.18. The molecule has 0 bridgehead atoms. The van der Waals surface area contributed by atoms with E-state index in [0.29, 0.717) is 5.92 Å². The van der Waals surface area contributed by atoms with Crippen LogP contribution in [0.3, 0.4) is 0 Å². The van der Waals surface area contributed by atoms with Crippen LogP contribution in [0, 0.1) is 5.92 Å². The summed E-state index contributed by atoms with van der Waals surface area (Å²) in [5.41, 5.74) is 0. The van der Waals surface area contributed by atoms with E-state index >= 15 is 0 Å². The molecule has 50 valence electrons. The monoisotopic (exact) mass is 162 g/mol. The van der Waals surface area contributed by atoms with Gasteiger partial charge in [0.2, 0.25) is 0 Å². The maximum Gasteiger partial charge on any atom is 0.0380 e. The van der Waals surface area contributed by atoms with Crippen LogP contribution in [-0.2, 0) is 0 Å². The lowest BCUT2D eigenvalue weighted by Gasteiger charge is -2.10. The zero-order chi connectivity index (χ0) is 6.85. The fraction of sp³-hybridized carbons (Fsp3) is 0.429. The van der Waals surface area contributed by atoms with Gasteiger partial charge in [-0.05, 0) is 18.4 Å². The van der Waals surface area contributed by atoms with Gasteiger partial charge in [0.15, 0.2) is 0 Å². The van der Waals surface area contributed by atoms with E-state index in [-0.39, 0.29) is 0 Å². The molecule has 0 unspecified atom stereocenters. The molecule has 1 rings (SSSR count). The van der Waals surface area contributed by atoms with Crippen molar-refractivity contribution >= 4 is 23.2 Å². The molecule has 1 aliphatic rings. The number of allylic oxidation sites excluding steroid dienone is 4. The van der Waals surface area contributed by atoms with Crippen LogP contribution in [0.1, 0.15) is 13.3 Å². The van der Waals surface area contributed by atoms with Gasteiger partial charge in [-0.1, -0.05) is 36.2 Å². The molecule has 2 heteroatoms. The maximum atomic E-state index is 5.74. The molecule has 0 radical (unpaired) electrons. The van der Waals surface area contributed by atoms with Crippen LogP contribution < -0.4 is 0 Å². The quantitative estimate of drug-likeness (QED) is 0.514. The van der Waals surface area contributed by atoms with Crippen molar-refractivity contribution < 1.29 is 0 Å². The molecule has 0 N–H and O–H groups in total. The first-order valence-electron chi connectivity index (χ1n) is 2.92. The summed E-state index contributed by atoms with van der Waals surface area (Å²) in [6, 6.07) is 0. The molecular formula is C7H8Cl2. The van der Waals surface area contributed by atoms with Crippen molar-refractivity contribution in [2.24, 2.45) is 5.92 Å². The van der Waals surface area contributed by atoms with Crippen molar-refractivity contribution in [2.45, 2.75) is 13.3 Å². The third kappa shape index (κ3) is 2.04. The standard InChI is InChI=1S/C7H8Cl2/c1-5-2-6(8)4-7(9)3-5/h2,4-5H,3H2,1H3/t5-/m1/s1. The lowest BCUT2D eigenvalue weighted by Crippen LogP contribution is -1.94. The van der Waals surface area contributed by atoms with E-state index in [0.717, 1.165) is 16.5 Å². The second-order valence-corrected chi connectivity index (χ2v) is 3.25. The molecule has 0 aromatic heterocycles. The van der Waals surface area contributed by atoms with Crippen molar-refractivity contribution in [1.29, 1.82) is 0 Å². The molecule has 1 atom stereocenters. The molecule has 0 amide bonds. The number of halogens is 2. The van der Waals surface area contributed by atoms with Crippen LogP contribution in [0.2, 0.25) is 0 Å². The Hall–Kier alpha value is 0.0600. The normalized spacial score (nSPS) is 27.2. The average molecular weight is 163 g/mol. The van der Waals surface area contributed by atoms with Gasteiger partial charge in [0.25, 0.3) is 0 Å². The van der Waals surface area contributed by atoms with Crippen LogP contribution in [0.25, 0.3) is 0 Å². The van der Waals surface area contributed by atoms with Crippen molar-refractivity contribution in [3.8, 4) is 0 Å². The summed E-state index contributed by atoms with van der Waals surface area (Å²) >= 11 is 11.4. The maximum absolute atomic E-state index is 5.74. The highest BCUT2D eigenvalue weighted by atomic mass is 35.5. The molecule has 0 aliphatic heterocycles. The third-order valence-electron chi connectivity index (χ3n) is 1.26. The molecule has 0 spiro atoms.